The molecule has 0 aromatic rings. The number of hydrogen-bond acceptors (Lipinski definition) is 11. The van der Waals surface area contributed by atoms with E-state index in [0.29, 0.717) is 25.7 Å². The van der Waals surface area contributed by atoms with Gasteiger partial charge in [0.05, 0.1) is 23.7 Å². The maximum atomic E-state index is 12.0. The molecule has 0 bridgehead atoms. The molecule has 52 heavy (non-hydrogen) atoms. The molecule has 1 N–H and O–H groups in total. The van der Waals surface area contributed by atoms with Gasteiger partial charge in [-0.05, 0) is 101 Å². The number of aliphatic carboxylic acids is 1. The third kappa shape index (κ3) is 26.5. The first-order chi connectivity index (χ1) is 23.7. The SMILES string of the molecule is CCC(CC(C)C(=O)O)C(=O)OC(C)(C)C.CCC(CC(C)C(OC)OC)C(=O)OC(C)(C)C.CCC(CC(C)C(OC)OC)C(=O)OC(C)(C)C. The van der Waals surface area contributed by atoms with Crippen molar-refractivity contribution in [2.45, 2.75) is 172 Å². The summed E-state index contributed by atoms with van der Waals surface area (Å²) in [5, 5.41) is 8.79. The van der Waals surface area contributed by atoms with Gasteiger partial charge in [0, 0.05) is 40.3 Å². The van der Waals surface area contributed by atoms with Gasteiger partial charge in [-0.1, -0.05) is 41.5 Å². The predicted octanol–water partition coefficient (Wildman–Crippen LogP) is 8.46. The molecule has 0 aromatic carbocycles. The minimum atomic E-state index is -0.873. The summed E-state index contributed by atoms with van der Waals surface area (Å²) in [5.74, 6) is -2.20. The fourth-order valence-electron chi connectivity index (χ4n) is 5.21. The fourth-order valence-corrected chi connectivity index (χ4v) is 5.21. The summed E-state index contributed by atoms with van der Waals surface area (Å²) in [5.41, 5.74) is -1.39. The van der Waals surface area contributed by atoms with E-state index in [2.05, 4.69) is 0 Å². The molecule has 0 heterocycles. The number of esters is 3. The largest absolute Gasteiger partial charge is 0.481 e. The Kier molecular flexibility index (Phi) is 27.5. The maximum absolute atomic E-state index is 12.0. The molecule has 12 heteroatoms. The van der Waals surface area contributed by atoms with Crippen LogP contribution in [0.25, 0.3) is 0 Å². The van der Waals surface area contributed by atoms with E-state index in [0.717, 1.165) is 12.8 Å². The Hall–Kier alpha value is -2.28. The quantitative estimate of drug-likeness (QED) is 0.0765. The summed E-state index contributed by atoms with van der Waals surface area (Å²) >= 11 is 0. The fraction of sp³-hybridized carbons (Fsp3) is 0.900. The summed E-state index contributed by atoms with van der Waals surface area (Å²) in [4.78, 5) is 46.5. The number of carbonyl (C=O) groups is 4. The molecule has 0 aliphatic rings. The second kappa shape index (κ2) is 26.5. The molecule has 310 valence electrons. The Morgan fingerprint density at radius 2 is 0.712 bits per heavy atom. The van der Waals surface area contributed by atoms with Crippen molar-refractivity contribution in [3.05, 3.63) is 0 Å². The van der Waals surface area contributed by atoms with Gasteiger partial charge in [-0.25, -0.2) is 0 Å². The summed E-state index contributed by atoms with van der Waals surface area (Å²) in [6, 6.07) is 0. The molecule has 0 saturated heterocycles. The van der Waals surface area contributed by atoms with Crippen LogP contribution in [0.3, 0.4) is 0 Å². The molecule has 0 radical (unpaired) electrons. The number of carbonyl (C=O) groups excluding carboxylic acids is 3. The lowest BCUT2D eigenvalue weighted by Crippen LogP contribution is -2.32. The van der Waals surface area contributed by atoms with Crippen molar-refractivity contribution < 1.29 is 57.4 Å². The highest BCUT2D eigenvalue weighted by molar-refractivity contribution is 5.75. The monoisotopic (exact) mass is 751 g/mol. The normalized spacial score (nSPS) is 15.5. The molecule has 0 saturated carbocycles. The van der Waals surface area contributed by atoms with Crippen molar-refractivity contribution in [2.75, 3.05) is 28.4 Å². The van der Waals surface area contributed by atoms with Crippen molar-refractivity contribution in [2.24, 2.45) is 35.5 Å². The number of methoxy groups -OCH3 is 4. The minimum Gasteiger partial charge on any atom is -0.481 e. The summed E-state index contributed by atoms with van der Waals surface area (Å²) in [6.45, 7) is 28.2. The van der Waals surface area contributed by atoms with E-state index in [-0.39, 0.29) is 60.1 Å². The van der Waals surface area contributed by atoms with Gasteiger partial charge in [-0.15, -0.1) is 0 Å². The van der Waals surface area contributed by atoms with Crippen LogP contribution >= 0.6 is 0 Å². The zero-order valence-corrected chi connectivity index (χ0v) is 36.3. The van der Waals surface area contributed by atoms with E-state index in [9.17, 15) is 19.2 Å². The van der Waals surface area contributed by atoms with Gasteiger partial charge in [0.25, 0.3) is 0 Å². The van der Waals surface area contributed by atoms with E-state index in [1.165, 1.54) is 0 Å². The third-order valence-corrected chi connectivity index (χ3v) is 7.93. The zero-order valence-electron chi connectivity index (χ0n) is 36.3. The molecular formula is C40H78O12. The number of carboxylic acids is 1. The summed E-state index contributed by atoms with van der Waals surface area (Å²) < 4.78 is 36.9. The van der Waals surface area contributed by atoms with E-state index in [1.54, 1.807) is 56.1 Å². The molecule has 0 amide bonds. The molecule has 0 fully saturated rings. The molecule has 0 aromatic heterocycles. The standard InChI is InChI=1S/2C14H28O4.C12H22O4/c2*1-8-11(12(15)18-14(3,4)5)9-10(2)13(16-6)17-7;1-6-9(7-8(2)10(13)14)11(15)16-12(3,4)5/h2*10-11,13H,8-9H2,1-7H3;8-9H,6-7H2,1-5H3,(H,13,14). The van der Waals surface area contributed by atoms with Crippen LogP contribution in [-0.4, -0.2) is 86.8 Å². The summed E-state index contributed by atoms with van der Waals surface area (Å²) in [6.07, 6.45) is 3.32. The highest BCUT2D eigenvalue weighted by Gasteiger charge is 2.30. The highest BCUT2D eigenvalue weighted by atomic mass is 16.7. The van der Waals surface area contributed by atoms with Crippen molar-refractivity contribution >= 4 is 23.9 Å². The molecule has 6 unspecified atom stereocenters. The van der Waals surface area contributed by atoms with Crippen molar-refractivity contribution in [3.8, 4) is 0 Å². The van der Waals surface area contributed by atoms with Crippen LogP contribution < -0.4 is 0 Å². The van der Waals surface area contributed by atoms with Crippen molar-refractivity contribution in [3.63, 3.8) is 0 Å². The number of ether oxygens (including phenoxy) is 7. The first-order valence-corrected chi connectivity index (χ1v) is 18.7. The van der Waals surface area contributed by atoms with Crippen LogP contribution in [-0.2, 0) is 52.3 Å². The first-order valence-electron chi connectivity index (χ1n) is 18.7. The van der Waals surface area contributed by atoms with E-state index in [1.807, 2.05) is 76.2 Å². The Morgan fingerprint density at radius 3 is 0.885 bits per heavy atom. The van der Waals surface area contributed by atoms with Crippen molar-refractivity contribution in [1.29, 1.82) is 0 Å². The Bertz CT molecular complexity index is 932. The van der Waals surface area contributed by atoms with Crippen LogP contribution in [0.1, 0.15) is 142 Å². The number of hydrogen-bond donors (Lipinski definition) is 1. The van der Waals surface area contributed by atoms with E-state index < -0.39 is 28.7 Å². The molecule has 0 spiro atoms. The first kappa shape index (κ1) is 54.1. The molecule has 12 nitrogen and oxygen atoms in total. The Morgan fingerprint density at radius 1 is 0.481 bits per heavy atom. The average Bonchev–Trinajstić information content (AvgIpc) is 3.00. The second-order valence-electron chi connectivity index (χ2n) is 16.5. The second-order valence-corrected chi connectivity index (χ2v) is 16.5. The highest BCUT2D eigenvalue weighted by Crippen LogP contribution is 2.25. The van der Waals surface area contributed by atoms with Crippen LogP contribution in [0.2, 0.25) is 0 Å². The van der Waals surface area contributed by atoms with Gasteiger partial charge in [0.15, 0.2) is 12.6 Å². The van der Waals surface area contributed by atoms with Gasteiger partial charge < -0.3 is 38.3 Å². The van der Waals surface area contributed by atoms with Crippen molar-refractivity contribution in [1.82, 2.24) is 0 Å². The average molecular weight is 751 g/mol. The van der Waals surface area contributed by atoms with Crippen LogP contribution in [0.4, 0.5) is 0 Å². The van der Waals surface area contributed by atoms with Crippen LogP contribution in [0.5, 0.6) is 0 Å². The van der Waals surface area contributed by atoms with Crippen LogP contribution in [0.15, 0.2) is 0 Å². The summed E-state index contributed by atoms with van der Waals surface area (Å²) in [7, 11) is 6.44. The molecule has 6 atom stereocenters. The lowest BCUT2D eigenvalue weighted by atomic mass is 9.93. The number of carboxylic acid groups (broad SMARTS) is 1. The van der Waals surface area contributed by atoms with Gasteiger partial charge in [0.2, 0.25) is 0 Å². The molecular weight excluding hydrogens is 672 g/mol. The Labute approximate surface area is 316 Å². The van der Waals surface area contributed by atoms with E-state index in [4.69, 9.17) is 38.3 Å². The number of rotatable bonds is 19. The third-order valence-electron chi connectivity index (χ3n) is 7.93. The lowest BCUT2D eigenvalue weighted by molar-refractivity contribution is -0.166. The predicted molar refractivity (Wildman–Crippen MR) is 203 cm³/mol. The molecule has 0 aliphatic heterocycles. The molecule has 0 rings (SSSR count). The van der Waals surface area contributed by atoms with Crippen LogP contribution in [0, 0.1) is 35.5 Å². The minimum absolute atomic E-state index is 0.105. The Balaban J connectivity index is -0.000000694. The van der Waals surface area contributed by atoms with E-state index >= 15 is 0 Å². The zero-order chi connectivity index (χ0) is 41.6. The lowest BCUT2D eigenvalue weighted by Gasteiger charge is -2.27. The van der Waals surface area contributed by atoms with Gasteiger partial charge in [-0.3, -0.25) is 19.2 Å². The maximum Gasteiger partial charge on any atom is 0.309 e. The van der Waals surface area contributed by atoms with Gasteiger partial charge in [0.1, 0.15) is 16.8 Å². The topological polar surface area (TPSA) is 153 Å². The van der Waals surface area contributed by atoms with Gasteiger partial charge >= 0.3 is 23.9 Å². The van der Waals surface area contributed by atoms with Gasteiger partial charge in [-0.2, -0.15) is 0 Å². The smallest absolute Gasteiger partial charge is 0.309 e. The molecule has 0 aliphatic carbocycles.